The second-order valence-corrected chi connectivity index (χ2v) is 12.9. The van der Waals surface area contributed by atoms with Gasteiger partial charge in [-0.3, -0.25) is 0 Å². The molecule has 0 aromatic carbocycles. The van der Waals surface area contributed by atoms with E-state index in [0.29, 0.717) is 5.57 Å². The molecule has 0 heterocycles. The largest absolute Gasteiger partial charge is 0.500 e. The number of rotatable bonds is 17. The van der Waals surface area contributed by atoms with E-state index in [1.165, 1.54) is 0 Å². The molecule has 0 aromatic rings. The molecule has 0 aromatic heterocycles. The molecule has 0 aliphatic heterocycles. The minimum Gasteiger partial charge on any atom is -0.460 e. The topological polar surface area (TPSA) is 137 Å². The highest BCUT2D eigenvalue weighted by molar-refractivity contribution is 6.60. The summed E-state index contributed by atoms with van der Waals surface area (Å²) in [6.45, 7) is 5.25. The molecule has 0 bridgehead atoms. The van der Waals surface area contributed by atoms with Crippen LogP contribution in [0.1, 0.15) is 32.6 Å². The summed E-state index contributed by atoms with van der Waals surface area (Å²) in [5, 5.41) is 2.27. The normalized spacial score (nSPS) is 11.3. The van der Waals surface area contributed by atoms with E-state index in [2.05, 4.69) is 16.6 Å². The van der Waals surface area contributed by atoms with Crippen LogP contribution in [0.2, 0.25) is 12.1 Å². The lowest BCUT2D eigenvalue weighted by Crippen LogP contribution is -2.42. The van der Waals surface area contributed by atoms with Crippen molar-refractivity contribution in [1.29, 1.82) is 0 Å². The summed E-state index contributed by atoms with van der Waals surface area (Å²) in [4.78, 5) is 20.9. The minimum absolute atomic E-state index is 0.106. The van der Waals surface area contributed by atoms with Crippen LogP contribution < -0.4 is 11.1 Å². The number of unbranched alkanes of at least 4 members (excludes halogenated alkanes) is 3. The average molecular weight is 499 g/mol. The van der Waals surface area contributed by atoms with Crippen LogP contribution in [0.3, 0.4) is 0 Å². The van der Waals surface area contributed by atoms with Crippen LogP contribution in [0, 0.1) is 0 Å². The van der Waals surface area contributed by atoms with Crippen LogP contribution >= 0.6 is 0 Å². The summed E-state index contributed by atoms with van der Waals surface area (Å²) in [5.74, 6) is -0.471. The Morgan fingerprint density at radius 3 is 1.44 bits per heavy atom. The Labute approximate surface area is 194 Å². The van der Waals surface area contributed by atoms with Gasteiger partial charge in [0.05, 0.1) is 6.54 Å². The van der Waals surface area contributed by atoms with Crippen molar-refractivity contribution < 1.29 is 40.9 Å². The summed E-state index contributed by atoms with van der Waals surface area (Å²) in [5.41, 5.74) is 5.09. The third-order valence-corrected chi connectivity index (χ3v) is 10.2. The number of carbonyl (C=O) groups excluding carboxylic acids is 2. The minimum atomic E-state index is -2.40. The molecule has 0 radical (unpaired) electrons. The molecule has 11 nitrogen and oxygen atoms in total. The maximum absolute atomic E-state index is 10.7. The van der Waals surface area contributed by atoms with E-state index in [1.54, 1.807) is 49.6 Å². The van der Waals surface area contributed by atoms with Crippen molar-refractivity contribution >= 4 is 29.6 Å². The molecule has 13 heteroatoms. The quantitative estimate of drug-likeness (QED) is 0.134. The number of urea groups is 1. The first-order valence-corrected chi connectivity index (χ1v) is 14.1. The number of nitrogens with two attached hydrogens (primary N) is 1. The summed E-state index contributed by atoms with van der Waals surface area (Å²) in [6, 6.07) is 1.05. The van der Waals surface area contributed by atoms with E-state index >= 15 is 0 Å². The number of nitrogens with one attached hydrogen (secondary N) is 1. The fourth-order valence-electron chi connectivity index (χ4n) is 2.59. The molecule has 0 atom stereocenters. The van der Waals surface area contributed by atoms with Crippen LogP contribution in [0.4, 0.5) is 4.79 Å². The molecule has 0 saturated heterocycles. The molecular formula is C19H42N2O9Si2. The van der Waals surface area contributed by atoms with Crippen molar-refractivity contribution in [2.24, 2.45) is 5.73 Å². The van der Waals surface area contributed by atoms with Gasteiger partial charge in [-0.1, -0.05) is 19.4 Å². The van der Waals surface area contributed by atoms with Crippen LogP contribution in [-0.2, 0) is 36.1 Å². The molecule has 32 heavy (non-hydrogen) atoms. The molecule has 0 unspecified atom stereocenters. The van der Waals surface area contributed by atoms with Crippen LogP contribution in [0.25, 0.3) is 0 Å². The summed E-state index contributed by atoms with van der Waals surface area (Å²) < 4.78 is 37.0. The predicted molar refractivity (Wildman–Crippen MR) is 125 cm³/mol. The Morgan fingerprint density at radius 1 is 0.781 bits per heavy atom. The highest BCUT2D eigenvalue weighted by Crippen LogP contribution is 2.20. The molecular weight excluding hydrogens is 456 g/mol. The number of ether oxygens (including phenoxy) is 1. The van der Waals surface area contributed by atoms with Gasteiger partial charge in [0.2, 0.25) is 0 Å². The standard InChI is InChI=1S/C12H30O6Si2.C7H12N2O3/c1-13-19(14-2,15-3)11-9-7-8-10-12-20(16-4,17-5)18-6;1-5(2)6(10)12-4-3-9-7(8)11/h7-12H2,1-6H3;1,3-4H2,2H3,(H3,8,9,11). The van der Waals surface area contributed by atoms with Crippen molar-refractivity contribution in [3.63, 3.8) is 0 Å². The van der Waals surface area contributed by atoms with Gasteiger partial charge in [-0.05, 0) is 19.8 Å². The second-order valence-electron chi connectivity index (χ2n) is 6.71. The number of hydrogen-bond acceptors (Lipinski definition) is 9. The van der Waals surface area contributed by atoms with E-state index in [1.807, 2.05) is 0 Å². The Bertz CT molecular complexity index is 490. The lowest BCUT2D eigenvalue weighted by molar-refractivity contribution is -0.138. The molecule has 0 saturated carbocycles. The molecule has 0 aliphatic carbocycles. The van der Waals surface area contributed by atoms with Gasteiger partial charge >= 0.3 is 29.6 Å². The number of esters is 1. The second kappa shape index (κ2) is 19.2. The van der Waals surface area contributed by atoms with E-state index in [9.17, 15) is 9.59 Å². The van der Waals surface area contributed by atoms with Gasteiger partial charge in [0.15, 0.2) is 0 Å². The zero-order valence-corrected chi connectivity index (χ0v) is 22.6. The van der Waals surface area contributed by atoms with E-state index < -0.39 is 29.6 Å². The monoisotopic (exact) mass is 498 g/mol. The summed E-state index contributed by atoms with van der Waals surface area (Å²) in [6.07, 6.45) is 4.27. The number of primary amides is 1. The van der Waals surface area contributed by atoms with E-state index in [0.717, 1.165) is 37.8 Å². The first-order valence-electron chi connectivity index (χ1n) is 10.3. The van der Waals surface area contributed by atoms with Crippen molar-refractivity contribution in [3.8, 4) is 0 Å². The van der Waals surface area contributed by atoms with Gasteiger partial charge < -0.3 is 42.3 Å². The van der Waals surface area contributed by atoms with Gasteiger partial charge in [-0.15, -0.1) is 0 Å². The maximum atomic E-state index is 10.7. The third kappa shape index (κ3) is 14.7. The van der Waals surface area contributed by atoms with E-state index in [-0.39, 0.29) is 13.2 Å². The Kier molecular flexibility index (Phi) is 19.7. The molecule has 0 aliphatic rings. The molecule has 190 valence electrons. The molecule has 0 spiro atoms. The number of amides is 2. The van der Waals surface area contributed by atoms with Crippen molar-refractivity contribution in [1.82, 2.24) is 5.32 Å². The zero-order valence-electron chi connectivity index (χ0n) is 20.6. The maximum Gasteiger partial charge on any atom is 0.500 e. The zero-order chi connectivity index (χ0) is 25.0. The van der Waals surface area contributed by atoms with Crippen LogP contribution in [0.5, 0.6) is 0 Å². The lowest BCUT2D eigenvalue weighted by atomic mass is 10.2. The highest BCUT2D eigenvalue weighted by atomic mass is 28.4. The van der Waals surface area contributed by atoms with Crippen LogP contribution in [-0.4, -0.2) is 85.4 Å². The van der Waals surface area contributed by atoms with Crippen molar-refractivity contribution in [2.45, 2.75) is 44.7 Å². The molecule has 0 rings (SSSR count). The summed E-state index contributed by atoms with van der Waals surface area (Å²) >= 11 is 0. The van der Waals surface area contributed by atoms with Gasteiger partial charge in [-0.25, -0.2) is 9.59 Å². The number of carbonyl (C=O) groups is 2. The van der Waals surface area contributed by atoms with E-state index in [4.69, 9.17) is 32.3 Å². The van der Waals surface area contributed by atoms with Gasteiger partial charge in [0.25, 0.3) is 0 Å². The third-order valence-electron chi connectivity index (χ3n) is 4.56. The van der Waals surface area contributed by atoms with Crippen LogP contribution in [0.15, 0.2) is 12.2 Å². The van der Waals surface area contributed by atoms with Gasteiger partial charge in [0.1, 0.15) is 6.61 Å². The molecule has 2 amide bonds. The Balaban J connectivity index is 0. The lowest BCUT2D eigenvalue weighted by Gasteiger charge is -2.25. The van der Waals surface area contributed by atoms with Gasteiger partial charge in [-0.2, -0.15) is 0 Å². The summed E-state index contributed by atoms with van der Waals surface area (Å²) in [7, 11) is 5.09. The molecule has 3 N–H and O–H groups in total. The fraction of sp³-hybridized carbons (Fsp3) is 0.789. The van der Waals surface area contributed by atoms with Gasteiger partial charge in [0, 0.05) is 60.3 Å². The number of hydrogen-bond donors (Lipinski definition) is 2. The highest BCUT2D eigenvalue weighted by Gasteiger charge is 2.38. The average Bonchev–Trinajstić information content (AvgIpc) is 2.80. The fourth-order valence-corrected chi connectivity index (χ4v) is 6.18. The SMILES string of the molecule is C=C(C)C(=O)OCCNC(N)=O.CO[Si](CCCCCC[Si](OC)(OC)OC)(OC)OC. The first kappa shape index (κ1) is 32.9. The smallest absolute Gasteiger partial charge is 0.460 e. The van der Waals surface area contributed by atoms with Crippen molar-refractivity contribution in [2.75, 3.05) is 55.8 Å². The first-order chi connectivity index (χ1) is 15.1. The predicted octanol–water partition coefficient (Wildman–Crippen LogP) is 2.08. The molecule has 0 fully saturated rings. The Morgan fingerprint density at radius 2 is 1.16 bits per heavy atom. The Hall–Kier alpha value is -1.33. The van der Waals surface area contributed by atoms with Crippen molar-refractivity contribution in [3.05, 3.63) is 12.2 Å².